The fourth-order valence-corrected chi connectivity index (χ4v) is 2.82. The van der Waals surface area contributed by atoms with Gasteiger partial charge in [0.05, 0.1) is 6.54 Å². The lowest BCUT2D eigenvalue weighted by molar-refractivity contribution is 0.653. The fraction of sp³-hybridized carbons (Fsp3) is 0.273. The molecule has 4 nitrogen and oxygen atoms in total. The average Bonchev–Trinajstić information content (AvgIpc) is 3.03. The second-order valence-corrected chi connectivity index (χ2v) is 6.94. The van der Waals surface area contributed by atoms with Crippen LogP contribution in [-0.4, -0.2) is 21.8 Å². The number of benzene rings is 1. The molecule has 0 fully saturated rings. The predicted molar refractivity (Wildman–Crippen MR) is 109 cm³/mol. The predicted octanol–water partition coefficient (Wildman–Crippen LogP) is 5.27. The standard InChI is InChI=1S/C22H25FN4/c1-15(2)19-8-5-17(6-9-19)12-20(23)21-11-16(3)27(26-21)14-18-7-10-22(24-4)25-13-18/h5-13,15H,14H2,1-4H3,(H,24,25)/b20-12-. The minimum atomic E-state index is -0.335. The zero-order valence-electron chi connectivity index (χ0n) is 16.2. The number of rotatable bonds is 6. The van der Waals surface area contributed by atoms with E-state index in [-0.39, 0.29) is 5.83 Å². The third-order valence-electron chi connectivity index (χ3n) is 4.54. The molecule has 2 heterocycles. The van der Waals surface area contributed by atoms with Crippen molar-refractivity contribution in [1.82, 2.24) is 14.8 Å². The Hall–Kier alpha value is -2.95. The Kier molecular flexibility index (Phi) is 5.69. The van der Waals surface area contributed by atoms with Gasteiger partial charge in [-0.15, -0.1) is 0 Å². The largest absolute Gasteiger partial charge is 0.373 e. The quantitative estimate of drug-likeness (QED) is 0.648. The molecule has 27 heavy (non-hydrogen) atoms. The number of hydrogen-bond donors (Lipinski definition) is 1. The highest BCUT2D eigenvalue weighted by Gasteiger charge is 2.10. The maximum Gasteiger partial charge on any atom is 0.151 e. The third-order valence-corrected chi connectivity index (χ3v) is 4.54. The van der Waals surface area contributed by atoms with E-state index in [2.05, 4.69) is 29.2 Å². The minimum Gasteiger partial charge on any atom is -0.373 e. The average molecular weight is 364 g/mol. The summed E-state index contributed by atoms with van der Waals surface area (Å²) < 4.78 is 16.5. The van der Waals surface area contributed by atoms with E-state index < -0.39 is 0 Å². The Morgan fingerprint density at radius 2 is 1.93 bits per heavy atom. The van der Waals surface area contributed by atoms with Crippen LogP contribution in [0.3, 0.4) is 0 Å². The van der Waals surface area contributed by atoms with E-state index in [4.69, 9.17) is 0 Å². The maximum absolute atomic E-state index is 14.7. The van der Waals surface area contributed by atoms with Gasteiger partial charge in [-0.05, 0) is 47.7 Å². The van der Waals surface area contributed by atoms with Gasteiger partial charge in [0.1, 0.15) is 11.5 Å². The zero-order chi connectivity index (χ0) is 19.4. The Labute approximate surface area is 159 Å². The molecule has 0 saturated heterocycles. The van der Waals surface area contributed by atoms with Gasteiger partial charge in [0, 0.05) is 18.9 Å². The molecule has 140 valence electrons. The molecule has 2 aromatic heterocycles. The number of nitrogens with zero attached hydrogens (tertiary/aromatic N) is 3. The van der Waals surface area contributed by atoms with Crippen LogP contribution in [0.4, 0.5) is 10.2 Å². The van der Waals surface area contributed by atoms with E-state index in [9.17, 15) is 4.39 Å². The maximum atomic E-state index is 14.7. The van der Waals surface area contributed by atoms with Gasteiger partial charge in [-0.2, -0.15) is 5.10 Å². The summed E-state index contributed by atoms with van der Waals surface area (Å²) in [7, 11) is 1.83. The lowest BCUT2D eigenvalue weighted by atomic mass is 10.0. The van der Waals surface area contributed by atoms with Crippen LogP contribution in [-0.2, 0) is 6.54 Å². The van der Waals surface area contributed by atoms with Crippen molar-refractivity contribution in [2.24, 2.45) is 0 Å². The van der Waals surface area contributed by atoms with Gasteiger partial charge < -0.3 is 5.32 Å². The minimum absolute atomic E-state index is 0.335. The molecule has 3 aromatic rings. The molecule has 0 aliphatic rings. The Balaban J connectivity index is 1.77. The lowest BCUT2D eigenvalue weighted by Crippen LogP contribution is -2.04. The lowest BCUT2D eigenvalue weighted by Gasteiger charge is -2.05. The summed E-state index contributed by atoms with van der Waals surface area (Å²) in [5.74, 6) is 0.940. The summed E-state index contributed by atoms with van der Waals surface area (Å²) in [5.41, 5.74) is 4.34. The van der Waals surface area contributed by atoms with Crippen molar-refractivity contribution >= 4 is 17.7 Å². The first-order chi connectivity index (χ1) is 13.0. The summed E-state index contributed by atoms with van der Waals surface area (Å²) in [4.78, 5) is 4.30. The molecule has 1 N–H and O–H groups in total. The Morgan fingerprint density at radius 1 is 1.19 bits per heavy atom. The van der Waals surface area contributed by atoms with Crippen molar-refractivity contribution in [3.63, 3.8) is 0 Å². The number of nitrogens with one attached hydrogen (secondary N) is 1. The van der Waals surface area contributed by atoms with Crippen LogP contribution in [0.1, 0.15) is 47.8 Å². The summed E-state index contributed by atoms with van der Waals surface area (Å²) in [5, 5.41) is 7.41. The summed E-state index contributed by atoms with van der Waals surface area (Å²) in [6.45, 7) is 6.77. The second-order valence-electron chi connectivity index (χ2n) is 6.94. The van der Waals surface area contributed by atoms with E-state index >= 15 is 0 Å². The number of anilines is 1. The molecule has 5 heteroatoms. The van der Waals surface area contributed by atoms with Gasteiger partial charge in [0.15, 0.2) is 5.83 Å². The van der Waals surface area contributed by atoms with Gasteiger partial charge >= 0.3 is 0 Å². The molecule has 3 rings (SSSR count). The molecule has 0 unspecified atom stereocenters. The molecule has 0 saturated carbocycles. The summed E-state index contributed by atoms with van der Waals surface area (Å²) in [6.07, 6.45) is 3.33. The van der Waals surface area contributed by atoms with Gasteiger partial charge in [-0.3, -0.25) is 4.68 Å². The molecular formula is C22H25FN4. The van der Waals surface area contributed by atoms with E-state index in [1.807, 2.05) is 50.4 Å². The van der Waals surface area contributed by atoms with E-state index in [1.165, 1.54) is 11.6 Å². The number of pyridine rings is 1. The normalized spacial score (nSPS) is 11.9. The molecule has 0 amide bonds. The van der Waals surface area contributed by atoms with Crippen LogP contribution in [0.2, 0.25) is 0 Å². The highest BCUT2D eigenvalue weighted by molar-refractivity contribution is 5.75. The summed E-state index contributed by atoms with van der Waals surface area (Å²) >= 11 is 0. The SMILES string of the molecule is CNc1ccc(Cn2nc(/C(F)=C/c3ccc(C(C)C)cc3)cc2C)cn1. The van der Waals surface area contributed by atoms with Gasteiger partial charge in [0.25, 0.3) is 0 Å². The smallest absolute Gasteiger partial charge is 0.151 e. The first kappa shape index (κ1) is 18.8. The molecule has 0 spiro atoms. The van der Waals surface area contributed by atoms with Crippen molar-refractivity contribution in [3.8, 4) is 0 Å². The number of aromatic nitrogens is 3. The van der Waals surface area contributed by atoms with Crippen molar-refractivity contribution in [2.45, 2.75) is 33.2 Å². The van der Waals surface area contributed by atoms with E-state index in [1.54, 1.807) is 16.9 Å². The molecule has 0 radical (unpaired) electrons. The Morgan fingerprint density at radius 3 is 2.52 bits per heavy atom. The highest BCUT2D eigenvalue weighted by Crippen LogP contribution is 2.22. The van der Waals surface area contributed by atoms with Crippen LogP contribution in [0.15, 0.2) is 48.7 Å². The third kappa shape index (κ3) is 4.61. The molecule has 0 aliphatic carbocycles. The van der Waals surface area contributed by atoms with Gasteiger partial charge in [-0.1, -0.05) is 44.2 Å². The molecule has 0 atom stereocenters. The second kappa shape index (κ2) is 8.16. The van der Waals surface area contributed by atoms with Crippen LogP contribution in [0, 0.1) is 6.92 Å². The molecule has 1 aromatic carbocycles. The zero-order valence-corrected chi connectivity index (χ0v) is 16.2. The number of halogens is 1. The van der Waals surface area contributed by atoms with Crippen molar-refractivity contribution in [3.05, 3.63) is 76.7 Å². The van der Waals surface area contributed by atoms with Crippen LogP contribution in [0.5, 0.6) is 0 Å². The van der Waals surface area contributed by atoms with Gasteiger partial charge in [-0.25, -0.2) is 9.37 Å². The molecule has 0 aliphatic heterocycles. The van der Waals surface area contributed by atoms with Gasteiger partial charge in [0.2, 0.25) is 0 Å². The first-order valence-corrected chi connectivity index (χ1v) is 9.11. The topological polar surface area (TPSA) is 42.7 Å². The van der Waals surface area contributed by atoms with Crippen molar-refractivity contribution in [1.29, 1.82) is 0 Å². The fourth-order valence-electron chi connectivity index (χ4n) is 2.82. The van der Waals surface area contributed by atoms with Crippen LogP contribution >= 0.6 is 0 Å². The van der Waals surface area contributed by atoms with Crippen molar-refractivity contribution < 1.29 is 4.39 Å². The van der Waals surface area contributed by atoms with Crippen LogP contribution < -0.4 is 5.32 Å². The van der Waals surface area contributed by atoms with E-state index in [0.717, 1.165) is 22.6 Å². The summed E-state index contributed by atoms with van der Waals surface area (Å²) in [6, 6.07) is 13.6. The van der Waals surface area contributed by atoms with E-state index in [0.29, 0.717) is 18.2 Å². The van der Waals surface area contributed by atoms with Crippen LogP contribution in [0.25, 0.3) is 11.9 Å². The monoisotopic (exact) mass is 364 g/mol. The molecular weight excluding hydrogens is 339 g/mol. The number of hydrogen-bond acceptors (Lipinski definition) is 3. The van der Waals surface area contributed by atoms with Crippen molar-refractivity contribution in [2.75, 3.05) is 12.4 Å². The highest BCUT2D eigenvalue weighted by atomic mass is 19.1. The first-order valence-electron chi connectivity index (χ1n) is 9.11. The molecule has 0 bridgehead atoms. The Bertz CT molecular complexity index is 922. The number of aryl methyl sites for hydroxylation is 1.